The van der Waals surface area contributed by atoms with Crippen LogP contribution in [0.25, 0.3) is 0 Å². The standard InChI is InChI=1S/C28H41NO2/c1-4-5-6-7-8-9-16-21-27(22-28(30)31-3)29(23-25-17-12-10-13-18-25)24(2)26-19-14-11-15-20-26/h10-15,17-20,24,27H,4-9,16,21-23H2,1-3H3/t24-,27-/m1/s1. The summed E-state index contributed by atoms with van der Waals surface area (Å²) in [5.41, 5.74) is 2.56. The van der Waals surface area contributed by atoms with Gasteiger partial charge in [-0.2, -0.15) is 0 Å². The number of unbranched alkanes of at least 4 members (excludes halogenated alkanes) is 6. The monoisotopic (exact) mass is 423 g/mol. The summed E-state index contributed by atoms with van der Waals surface area (Å²) < 4.78 is 5.07. The molecule has 0 spiro atoms. The molecule has 0 heterocycles. The van der Waals surface area contributed by atoms with Crippen LogP contribution in [0.1, 0.15) is 88.8 Å². The minimum Gasteiger partial charge on any atom is -0.469 e. The summed E-state index contributed by atoms with van der Waals surface area (Å²) in [5, 5.41) is 0. The zero-order valence-electron chi connectivity index (χ0n) is 19.8. The third-order valence-electron chi connectivity index (χ3n) is 6.23. The smallest absolute Gasteiger partial charge is 0.307 e. The number of nitrogens with zero attached hydrogens (tertiary/aromatic N) is 1. The van der Waals surface area contributed by atoms with Gasteiger partial charge in [-0.1, -0.05) is 113 Å². The SMILES string of the molecule is CCCCCCCCC[C@H](CC(=O)OC)N(Cc1ccccc1)[C@H](C)c1ccccc1. The highest BCUT2D eigenvalue weighted by atomic mass is 16.5. The molecule has 0 unspecified atom stereocenters. The maximum absolute atomic E-state index is 12.3. The van der Waals surface area contributed by atoms with Crippen LogP contribution in [0.5, 0.6) is 0 Å². The molecule has 2 rings (SSSR count). The van der Waals surface area contributed by atoms with E-state index in [0.717, 1.165) is 19.4 Å². The molecule has 0 aliphatic rings. The molecule has 3 heteroatoms. The minimum absolute atomic E-state index is 0.119. The molecule has 170 valence electrons. The molecule has 3 nitrogen and oxygen atoms in total. The predicted octanol–water partition coefficient (Wildman–Crippen LogP) is 7.32. The maximum Gasteiger partial charge on any atom is 0.307 e. The van der Waals surface area contributed by atoms with Crippen LogP contribution in [-0.4, -0.2) is 24.0 Å². The number of hydrogen-bond acceptors (Lipinski definition) is 3. The van der Waals surface area contributed by atoms with Gasteiger partial charge in [-0.05, 0) is 24.5 Å². The van der Waals surface area contributed by atoms with Crippen LogP contribution in [0.3, 0.4) is 0 Å². The van der Waals surface area contributed by atoms with Crippen LogP contribution >= 0.6 is 0 Å². The van der Waals surface area contributed by atoms with Gasteiger partial charge in [0.2, 0.25) is 0 Å². The van der Waals surface area contributed by atoms with Crippen molar-refractivity contribution in [1.82, 2.24) is 4.90 Å². The average molecular weight is 424 g/mol. The van der Waals surface area contributed by atoms with E-state index in [-0.39, 0.29) is 18.1 Å². The van der Waals surface area contributed by atoms with E-state index in [1.807, 2.05) is 0 Å². The van der Waals surface area contributed by atoms with Crippen molar-refractivity contribution < 1.29 is 9.53 Å². The largest absolute Gasteiger partial charge is 0.469 e. The molecular weight excluding hydrogens is 382 g/mol. The molecule has 0 aliphatic carbocycles. The number of rotatable bonds is 15. The summed E-state index contributed by atoms with van der Waals surface area (Å²) in [5.74, 6) is -0.119. The molecule has 0 aliphatic heterocycles. The Labute approximate surface area is 189 Å². The number of methoxy groups -OCH3 is 1. The van der Waals surface area contributed by atoms with Gasteiger partial charge in [-0.25, -0.2) is 0 Å². The number of carbonyl (C=O) groups is 1. The summed E-state index contributed by atoms with van der Waals surface area (Å²) in [4.78, 5) is 14.8. The Bertz CT molecular complexity index is 716. The maximum atomic E-state index is 12.3. The predicted molar refractivity (Wildman–Crippen MR) is 130 cm³/mol. The molecule has 0 saturated heterocycles. The molecule has 0 saturated carbocycles. The normalized spacial score (nSPS) is 13.2. The van der Waals surface area contributed by atoms with Crippen molar-refractivity contribution in [3.05, 3.63) is 71.8 Å². The Kier molecular flexibility index (Phi) is 12.0. The molecule has 2 atom stereocenters. The number of ether oxygens (including phenoxy) is 1. The Hall–Kier alpha value is -2.13. The topological polar surface area (TPSA) is 29.5 Å². The second kappa shape index (κ2) is 14.8. The zero-order chi connectivity index (χ0) is 22.3. The van der Waals surface area contributed by atoms with E-state index in [0.29, 0.717) is 6.42 Å². The second-order valence-electron chi connectivity index (χ2n) is 8.59. The molecule has 31 heavy (non-hydrogen) atoms. The summed E-state index contributed by atoms with van der Waals surface area (Å²) in [6.45, 7) is 5.34. The van der Waals surface area contributed by atoms with E-state index in [9.17, 15) is 4.79 Å². The summed E-state index contributed by atoms with van der Waals surface area (Å²) in [6.07, 6.45) is 10.4. The van der Waals surface area contributed by atoms with Gasteiger partial charge >= 0.3 is 5.97 Å². The van der Waals surface area contributed by atoms with Crippen molar-refractivity contribution in [3.8, 4) is 0 Å². The van der Waals surface area contributed by atoms with E-state index in [1.54, 1.807) is 0 Å². The van der Waals surface area contributed by atoms with Gasteiger partial charge in [-0.15, -0.1) is 0 Å². The van der Waals surface area contributed by atoms with Gasteiger partial charge in [0.05, 0.1) is 13.5 Å². The van der Waals surface area contributed by atoms with E-state index in [2.05, 4.69) is 79.4 Å². The van der Waals surface area contributed by atoms with Crippen LogP contribution < -0.4 is 0 Å². The van der Waals surface area contributed by atoms with Gasteiger partial charge in [0.15, 0.2) is 0 Å². The van der Waals surface area contributed by atoms with E-state index in [4.69, 9.17) is 4.74 Å². The number of benzene rings is 2. The fraction of sp³-hybridized carbons (Fsp3) is 0.536. The first kappa shape index (κ1) is 25.1. The quantitative estimate of drug-likeness (QED) is 0.222. The molecule has 0 N–H and O–H groups in total. The second-order valence-corrected chi connectivity index (χ2v) is 8.59. The highest BCUT2D eigenvalue weighted by Crippen LogP contribution is 2.29. The highest BCUT2D eigenvalue weighted by Gasteiger charge is 2.27. The molecular formula is C28H41NO2. The fourth-order valence-corrected chi connectivity index (χ4v) is 4.30. The molecule has 0 radical (unpaired) electrons. The van der Waals surface area contributed by atoms with Gasteiger partial charge in [0.25, 0.3) is 0 Å². The molecule has 0 fully saturated rings. The van der Waals surface area contributed by atoms with Gasteiger partial charge in [0.1, 0.15) is 0 Å². The lowest BCUT2D eigenvalue weighted by atomic mass is 9.97. The lowest BCUT2D eigenvalue weighted by Gasteiger charge is -2.37. The van der Waals surface area contributed by atoms with Crippen LogP contribution in [0, 0.1) is 0 Å². The molecule has 0 amide bonds. The van der Waals surface area contributed by atoms with Crippen LogP contribution in [0.15, 0.2) is 60.7 Å². The first-order valence-corrected chi connectivity index (χ1v) is 12.1. The fourth-order valence-electron chi connectivity index (χ4n) is 4.30. The Balaban J connectivity index is 2.13. The number of esters is 1. The third-order valence-corrected chi connectivity index (χ3v) is 6.23. The van der Waals surface area contributed by atoms with Crippen LogP contribution in [0.2, 0.25) is 0 Å². The van der Waals surface area contributed by atoms with Gasteiger partial charge in [-0.3, -0.25) is 9.69 Å². The summed E-state index contributed by atoms with van der Waals surface area (Å²) in [7, 11) is 1.50. The van der Waals surface area contributed by atoms with Crippen molar-refractivity contribution in [3.63, 3.8) is 0 Å². The van der Waals surface area contributed by atoms with Crippen LogP contribution in [0.4, 0.5) is 0 Å². The summed E-state index contributed by atoms with van der Waals surface area (Å²) >= 11 is 0. The number of carbonyl (C=O) groups excluding carboxylic acids is 1. The van der Waals surface area contributed by atoms with Crippen molar-refractivity contribution in [1.29, 1.82) is 0 Å². The van der Waals surface area contributed by atoms with E-state index in [1.165, 1.54) is 56.8 Å². The van der Waals surface area contributed by atoms with E-state index < -0.39 is 0 Å². The average Bonchev–Trinajstić information content (AvgIpc) is 2.82. The van der Waals surface area contributed by atoms with Gasteiger partial charge < -0.3 is 4.74 Å². The lowest BCUT2D eigenvalue weighted by molar-refractivity contribution is -0.142. The molecule has 0 bridgehead atoms. The zero-order valence-corrected chi connectivity index (χ0v) is 19.8. The Morgan fingerprint density at radius 2 is 1.45 bits per heavy atom. The van der Waals surface area contributed by atoms with Crippen molar-refractivity contribution in [2.45, 2.75) is 90.3 Å². The lowest BCUT2D eigenvalue weighted by Crippen LogP contribution is -2.38. The van der Waals surface area contributed by atoms with Crippen LogP contribution in [-0.2, 0) is 16.1 Å². The van der Waals surface area contributed by atoms with Crippen molar-refractivity contribution in [2.75, 3.05) is 7.11 Å². The molecule has 0 aromatic heterocycles. The molecule has 2 aromatic carbocycles. The number of hydrogen-bond donors (Lipinski definition) is 0. The Morgan fingerprint density at radius 3 is 2.06 bits per heavy atom. The first-order chi connectivity index (χ1) is 15.2. The highest BCUT2D eigenvalue weighted by molar-refractivity contribution is 5.69. The third kappa shape index (κ3) is 9.26. The van der Waals surface area contributed by atoms with Gasteiger partial charge in [0, 0.05) is 18.6 Å². The summed E-state index contributed by atoms with van der Waals surface area (Å²) in [6, 6.07) is 21.6. The minimum atomic E-state index is -0.119. The Morgan fingerprint density at radius 1 is 0.871 bits per heavy atom. The first-order valence-electron chi connectivity index (χ1n) is 12.1. The van der Waals surface area contributed by atoms with Crippen molar-refractivity contribution in [2.24, 2.45) is 0 Å². The van der Waals surface area contributed by atoms with Crippen molar-refractivity contribution >= 4 is 5.97 Å². The molecule has 2 aromatic rings. The van der Waals surface area contributed by atoms with E-state index >= 15 is 0 Å².